The molecule has 0 aliphatic rings. The summed E-state index contributed by atoms with van der Waals surface area (Å²) < 4.78 is 4.68. The average molecular weight is 213 g/mol. The van der Waals surface area contributed by atoms with Crippen LogP contribution in [0.15, 0.2) is 0 Å². The van der Waals surface area contributed by atoms with Crippen molar-refractivity contribution in [2.45, 2.75) is 65.2 Å². The minimum absolute atomic E-state index is 0.539. The lowest BCUT2D eigenvalue weighted by atomic mass is 9.99. The van der Waals surface area contributed by atoms with Crippen LogP contribution in [0.1, 0.15) is 65.2 Å². The number of carbonyl (C=O) groups excluding carboxylic acids is 1. The highest BCUT2D eigenvalue weighted by atomic mass is 16.5. The molecule has 0 aromatic heterocycles. The van der Waals surface area contributed by atoms with Crippen molar-refractivity contribution in [1.29, 1.82) is 0 Å². The summed E-state index contributed by atoms with van der Waals surface area (Å²) in [5, 5.41) is 0. The van der Waals surface area contributed by atoms with E-state index < -0.39 is 0 Å². The Morgan fingerprint density at radius 3 is 2.33 bits per heavy atom. The van der Waals surface area contributed by atoms with E-state index in [1.165, 1.54) is 51.4 Å². The first-order valence-corrected chi connectivity index (χ1v) is 6.34. The molecule has 0 aromatic carbocycles. The summed E-state index contributed by atoms with van der Waals surface area (Å²) >= 11 is 0. The fourth-order valence-corrected chi connectivity index (χ4v) is 1.77. The first-order valence-electron chi connectivity index (χ1n) is 6.34. The van der Waals surface area contributed by atoms with Crippen LogP contribution in [0.5, 0.6) is 0 Å². The molecule has 0 spiro atoms. The van der Waals surface area contributed by atoms with Gasteiger partial charge in [0.15, 0.2) is 0 Å². The van der Waals surface area contributed by atoms with E-state index in [2.05, 4.69) is 18.6 Å². The molecule has 0 saturated heterocycles. The predicted molar refractivity (Wildman–Crippen MR) is 63.4 cm³/mol. The maximum Gasteiger partial charge on any atom is 0.417 e. The molecule has 0 bridgehead atoms. The monoisotopic (exact) mass is 213 g/mol. The summed E-state index contributed by atoms with van der Waals surface area (Å²) in [4.78, 5) is 9.93. The van der Waals surface area contributed by atoms with Crippen LogP contribution in [-0.4, -0.2) is 13.1 Å². The van der Waals surface area contributed by atoms with Crippen molar-refractivity contribution in [3.8, 4) is 0 Å². The zero-order chi connectivity index (χ0) is 11.4. The van der Waals surface area contributed by atoms with Gasteiger partial charge in [0.2, 0.25) is 0 Å². The van der Waals surface area contributed by atoms with E-state index in [-0.39, 0.29) is 0 Å². The molecule has 0 amide bonds. The van der Waals surface area contributed by atoms with Crippen molar-refractivity contribution in [1.82, 2.24) is 0 Å². The molecule has 0 aromatic rings. The summed E-state index contributed by atoms with van der Waals surface area (Å²) in [6, 6.07) is 0. The second-order valence-electron chi connectivity index (χ2n) is 4.23. The highest BCUT2D eigenvalue weighted by molar-refractivity contribution is 5.38. The van der Waals surface area contributed by atoms with Gasteiger partial charge in [-0.1, -0.05) is 58.8 Å². The Hall–Kier alpha value is -0.530. The summed E-state index contributed by atoms with van der Waals surface area (Å²) in [7, 11) is 0. The highest BCUT2D eigenvalue weighted by Gasteiger charge is 2.06. The lowest BCUT2D eigenvalue weighted by Crippen LogP contribution is -2.07. The smallest absolute Gasteiger partial charge is 0.417 e. The molecule has 1 unspecified atom stereocenters. The lowest BCUT2D eigenvalue weighted by molar-refractivity contribution is 0.209. The van der Waals surface area contributed by atoms with Crippen LogP contribution in [0.4, 0.5) is 0 Å². The predicted octanol–water partition coefficient (Wildman–Crippen LogP) is 3.85. The fourth-order valence-electron chi connectivity index (χ4n) is 1.77. The van der Waals surface area contributed by atoms with E-state index in [1.807, 2.05) is 0 Å². The molecule has 2 nitrogen and oxygen atoms in total. The van der Waals surface area contributed by atoms with Gasteiger partial charge in [-0.05, 0) is 12.3 Å². The average Bonchev–Trinajstić information content (AvgIpc) is 2.27. The van der Waals surface area contributed by atoms with Gasteiger partial charge in [0.25, 0.3) is 0 Å². The molecule has 1 atom stereocenters. The van der Waals surface area contributed by atoms with E-state index in [9.17, 15) is 4.79 Å². The van der Waals surface area contributed by atoms with Crippen LogP contribution in [0, 0.1) is 5.92 Å². The summed E-state index contributed by atoms with van der Waals surface area (Å²) in [5.41, 5.74) is 0. The number of ether oxygens (including phenoxy) is 1. The summed E-state index contributed by atoms with van der Waals surface area (Å²) in [6.07, 6.45) is 10.3. The Morgan fingerprint density at radius 1 is 1.07 bits per heavy atom. The second-order valence-corrected chi connectivity index (χ2v) is 4.23. The van der Waals surface area contributed by atoms with Gasteiger partial charge in [-0.25, -0.2) is 4.79 Å². The van der Waals surface area contributed by atoms with Crippen molar-refractivity contribution in [2.75, 3.05) is 6.61 Å². The van der Waals surface area contributed by atoms with Gasteiger partial charge in [0.05, 0.1) is 6.61 Å². The van der Waals surface area contributed by atoms with Crippen LogP contribution in [0.25, 0.3) is 0 Å². The van der Waals surface area contributed by atoms with Crippen molar-refractivity contribution in [2.24, 2.45) is 5.92 Å². The van der Waals surface area contributed by atoms with E-state index in [0.29, 0.717) is 12.5 Å². The maximum absolute atomic E-state index is 9.93. The molecular formula is C13H25O2. The topological polar surface area (TPSA) is 26.3 Å². The third kappa shape index (κ3) is 9.77. The van der Waals surface area contributed by atoms with Gasteiger partial charge in [-0.3, -0.25) is 0 Å². The molecule has 0 aliphatic heterocycles. The fraction of sp³-hybridized carbons (Fsp3) is 0.923. The van der Waals surface area contributed by atoms with Crippen LogP contribution in [0.2, 0.25) is 0 Å². The van der Waals surface area contributed by atoms with E-state index in [4.69, 9.17) is 0 Å². The molecule has 0 N–H and O–H groups in total. The zero-order valence-electron chi connectivity index (χ0n) is 10.3. The van der Waals surface area contributed by atoms with Gasteiger partial charge in [0, 0.05) is 0 Å². The Morgan fingerprint density at radius 2 is 1.73 bits per heavy atom. The van der Waals surface area contributed by atoms with Crippen LogP contribution in [-0.2, 0) is 9.53 Å². The van der Waals surface area contributed by atoms with Crippen molar-refractivity contribution < 1.29 is 9.53 Å². The van der Waals surface area contributed by atoms with Gasteiger partial charge >= 0.3 is 6.47 Å². The second kappa shape index (κ2) is 11.5. The third-order valence-electron chi connectivity index (χ3n) is 2.92. The summed E-state index contributed by atoms with van der Waals surface area (Å²) in [5.74, 6) is 0.539. The maximum atomic E-state index is 9.93. The molecule has 0 aliphatic carbocycles. The van der Waals surface area contributed by atoms with Crippen LogP contribution >= 0.6 is 0 Å². The van der Waals surface area contributed by atoms with Crippen molar-refractivity contribution >= 4 is 6.47 Å². The number of hydrogen-bond donors (Lipinski definition) is 0. The van der Waals surface area contributed by atoms with Crippen LogP contribution in [0.3, 0.4) is 0 Å². The Bertz CT molecular complexity index is 134. The molecular weight excluding hydrogens is 188 g/mol. The first-order chi connectivity index (χ1) is 7.35. The van der Waals surface area contributed by atoms with Gasteiger partial charge in [0.1, 0.15) is 0 Å². The Labute approximate surface area is 94.4 Å². The number of hydrogen-bond acceptors (Lipinski definition) is 2. The van der Waals surface area contributed by atoms with Crippen LogP contribution < -0.4 is 0 Å². The standard InChI is InChI=1S/C13H25O2/c1-3-5-6-7-8-9-10-13(4-2)11-15-12-14/h13H,3-11H2,1-2H3. The summed E-state index contributed by atoms with van der Waals surface area (Å²) in [6.45, 7) is 6.44. The molecule has 0 heterocycles. The van der Waals surface area contributed by atoms with Crippen molar-refractivity contribution in [3.63, 3.8) is 0 Å². The number of unbranched alkanes of at least 4 members (excludes halogenated alkanes) is 5. The Kier molecular flexibility index (Phi) is 11.1. The minimum Gasteiger partial charge on any atom is -0.457 e. The van der Waals surface area contributed by atoms with Gasteiger partial charge in [-0.15, -0.1) is 0 Å². The quantitative estimate of drug-likeness (QED) is 0.487. The van der Waals surface area contributed by atoms with E-state index >= 15 is 0 Å². The largest absolute Gasteiger partial charge is 0.457 e. The molecule has 1 radical (unpaired) electrons. The normalized spacial score (nSPS) is 12.4. The third-order valence-corrected chi connectivity index (χ3v) is 2.92. The molecule has 0 rings (SSSR count). The Balaban J connectivity index is 3.26. The van der Waals surface area contributed by atoms with E-state index in [0.717, 1.165) is 6.42 Å². The highest BCUT2D eigenvalue weighted by Crippen LogP contribution is 2.15. The van der Waals surface area contributed by atoms with Crippen molar-refractivity contribution in [3.05, 3.63) is 0 Å². The molecule has 15 heavy (non-hydrogen) atoms. The minimum atomic E-state index is 0.539. The molecule has 89 valence electrons. The lowest BCUT2D eigenvalue weighted by Gasteiger charge is -2.12. The zero-order valence-corrected chi connectivity index (χ0v) is 10.3. The molecule has 0 fully saturated rings. The molecule has 0 saturated carbocycles. The number of rotatable bonds is 11. The molecule has 2 heteroatoms. The SMILES string of the molecule is CCCCCCCCC(CC)CO[C]=O. The first kappa shape index (κ1) is 14.5. The van der Waals surface area contributed by atoms with E-state index in [1.54, 1.807) is 0 Å². The van der Waals surface area contributed by atoms with Gasteiger partial charge < -0.3 is 4.74 Å². The van der Waals surface area contributed by atoms with Gasteiger partial charge in [-0.2, -0.15) is 0 Å².